The molecular formula is C26H21NO3. The van der Waals surface area contributed by atoms with Gasteiger partial charge in [0.15, 0.2) is 0 Å². The molecule has 148 valence electrons. The fourth-order valence-electron chi connectivity index (χ4n) is 3.49. The third-order valence-corrected chi connectivity index (χ3v) is 5.11. The van der Waals surface area contributed by atoms with Crippen LogP contribution in [0.4, 0.5) is 0 Å². The molecule has 4 aromatic carbocycles. The molecule has 0 heterocycles. The van der Waals surface area contributed by atoms with Gasteiger partial charge in [-0.2, -0.15) is 0 Å². The topological polar surface area (TPSA) is 66.4 Å². The summed E-state index contributed by atoms with van der Waals surface area (Å²) in [7, 11) is 0. The molecule has 4 heteroatoms. The van der Waals surface area contributed by atoms with E-state index in [1.165, 1.54) is 0 Å². The van der Waals surface area contributed by atoms with Crippen molar-refractivity contribution < 1.29 is 14.7 Å². The minimum atomic E-state index is -1.06. The van der Waals surface area contributed by atoms with Gasteiger partial charge in [-0.1, -0.05) is 84.9 Å². The van der Waals surface area contributed by atoms with E-state index >= 15 is 0 Å². The van der Waals surface area contributed by atoms with Crippen LogP contribution in [0.3, 0.4) is 0 Å². The number of rotatable bonds is 6. The maximum absolute atomic E-state index is 12.6. The summed E-state index contributed by atoms with van der Waals surface area (Å²) in [5.41, 5.74) is 3.35. The van der Waals surface area contributed by atoms with Crippen molar-refractivity contribution in [2.45, 2.75) is 12.5 Å². The first-order chi connectivity index (χ1) is 14.6. The van der Waals surface area contributed by atoms with Crippen molar-refractivity contribution in [3.8, 4) is 11.1 Å². The maximum Gasteiger partial charge on any atom is 0.326 e. The molecule has 0 radical (unpaired) electrons. The zero-order valence-electron chi connectivity index (χ0n) is 16.3. The van der Waals surface area contributed by atoms with Crippen molar-refractivity contribution in [3.63, 3.8) is 0 Å². The lowest BCUT2D eigenvalue weighted by Gasteiger charge is -2.15. The van der Waals surface area contributed by atoms with Crippen molar-refractivity contribution >= 4 is 22.6 Å². The number of hydrogen-bond donors (Lipinski definition) is 2. The molecule has 4 rings (SSSR count). The Bertz CT molecular complexity index is 1180. The average molecular weight is 395 g/mol. The van der Waals surface area contributed by atoms with Crippen molar-refractivity contribution in [1.82, 2.24) is 5.32 Å². The van der Waals surface area contributed by atoms with Crippen molar-refractivity contribution in [3.05, 3.63) is 108 Å². The van der Waals surface area contributed by atoms with E-state index in [9.17, 15) is 14.7 Å². The summed E-state index contributed by atoms with van der Waals surface area (Å²) in [6.45, 7) is 0. The number of fused-ring (bicyclic) bond motifs is 1. The Kier molecular flexibility index (Phi) is 5.57. The van der Waals surface area contributed by atoms with Gasteiger partial charge in [0.25, 0.3) is 5.91 Å². The number of carboxylic acids is 1. The summed E-state index contributed by atoms with van der Waals surface area (Å²) in [6, 6.07) is 29.8. The van der Waals surface area contributed by atoms with Gasteiger partial charge in [-0.25, -0.2) is 4.79 Å². The second kappa shape index (κ2) is 8.62. The Morgan fingerprint density at radius 3 is 2.07 bits per heavy atom. The van der Waals surface area contributed by atoms with E-state index in [0.29, 0.717) is 5.56 Å². The van der Waals surface area contributed by atoms with E-state index in [0.717, 1.165) is 27.5 Å². The number of nitrogens with one attached hydrogen (secondary N) is 1. The smallest absolute Gasteiger partial charge is 0.326 e. The van der Waals surface area contributed by atoms with Crippen LogP contribution in [0.25, 0.3) is 21.9 Å². The standard InChI is InChI=1S/C26H21NO3/c28-25(22-14-12-21(13-15-22)19-6-2-1-3-7-19)27-24(26(29)30)17-18-10-11-20-8-4-5-9-23(20)16-18/h1-16,24H,17H2,(H,27,28)(H,29,30)/t24-/m0/s1. The predicted molar refractivity (Wildman–Crippen MR) is 118 cm³/mol. The van der Waals surface area contributed by atoms with E-state index < -0.39 is 17.9 Å². The highest BCUT2D eigenvalue weighted by atomic mass is 16.4. The Morgan fingerprint density at radius 1 is 0.733 bits per heavy atom. The minimum absolute atomic E-state index is 0.216. The highest BCUT2D eigenvalue weighted by Gasteiger charge is 2.21. The molecule has 0 aliphatic rings. The van der Waals surface area contributed by atoms with Gasteiger partial charge in [0.2, 0.25) is 0 Å². The monoisotopic (exact) mass is 395 g/mol. The second-order valence-corrected chi connectivity index (χ2v) is 7.19. The van der Waals surface area contributed by atoms with Crippen LogP contribution in [-0.4, -0.2) is 23.0 Å². The molecule has 1 atom stereocenters. The van der Waals surface area contributed by atoms with Crippen LogP contribution in [0.2, 0.25) is 0 Å². The Morgan fingerprint density at radius 2 is 1.37 bits per heavy atom. The molecule has 0 bridgehead atoms. The van der Waals surface area contributed by atoms with Crippen LogP contribution >= 0.6 is 0 Å². The molecule has 0 aromatic heterocycles. The van der Waals surface area contributed by atoms with Crippen molar-refractivity contribution in [2.75, 3.05) is 0 Å². The molecule has 0 saturated carbocycles. The summed E-state index contributed by atoms with van der Waals surface area (Å²) in [6.07, 6.45) is 0.216. The van der Waals surface area contributed by atoms with E-state index in [1.54, 1.807) is 12.1 Å². The Balaban J connectivity index is 1.48. The molecule has 2 N–H and O–H groups in total. The number of carbonyl (C=O) groups excluding carboxylic acids is 1. The first-order valence-corrected chi connectivity index (χ1v) is 9.77. The molecule has 0 fully saturated rings. The quantitative estimate of drug-likeness (QED) is 0.486. The van der Waals surface area contributed by atoms with Crippen LogP contribution in [0.15, 0.2) is 97.1 Å². The highest BCUT2D eigenvalue weighted by molar-refractivity contribution is 5.97. The maximum atomic E-state index is 12.6. The number of hydrogen-bond acceptors (Lipinski definition) is 2. The van der Waals surface area contributed by atoms with Crippen LogP contribution in [0.1, 0.15) is 15.9 Å². The van der Waals surface area contributed by atoms with Gasteiger partial charge >= 0.3 is 5.97 Å². The Labute approximate surface area is 174 Å². The molecule has 0 saturated heterocycles. The molecule has 1 amide bonds. The predicted octanol–water partition coefficient (Wildman–Crippen LogP) is 4.93. The van der Waals surface area contributed by atoms with E-state index in [-0.39, 0.29) is 6.42 Å². The van der Waals surface area contributed by atoms with Crippen LogP contribution in [-0.2, 0) is 11.2 Å². The molecule has 0 aliphatic heterocycles. The summed E-state index contributed by atoms with van der Waals surface area (Å²) in [5, 5.41) is 14.4. The fraction of sp³-hybridized carbons (Fsp3) is 0.0769. The molecule has 30 heavy (non-hydrogen) atoms. The molecule has 4 nitrogen and oxygen atoms in total. The molecular weight excluding hydrogens is 374 g/mol. The van der Waals surface area contributed by atoms with Crippen LogP contribution < -0.4 is 5.32 Å². The summed E-state index contributed by atoms with van der Waals surface area (Å²) < 4.78 is 0. The first-order valence-electron chi connectivity index (χ1n) is 9.77. The van der Waals surface area contributed by atoms with Gasteiger partial charge in [0, 0.05) is 12.0 Å². The minimum Gasteiger partial charge on any atom is -0.480 e. The zero-order valence-corrected chi connectivity index (χ0v) is 16.3. The van der Waals surface area contributed by atoms with Crippen LogP contribution in [0, 0.1) is 0 Å². The lowest BCUT2D eigenvalue weighted by atomic mass is 10.0. The lowest BCUT2D eigenvalue weighted by molar-refractivity contribution is -0.139. The van der Waals surface area contributed by atoms with Crippen molar-refractivity contribution in [1.29, 1.82) is 0 Å². The molecule has 0 aliphatic carbocycles. The second-order valence-electron chi connectivity index (χ2n) is 7.19. The molecule has 4 aromatic rings. The summed E-state index contributed by atoms with van der Waals surface area (Å²) >= 11 is 0. The van der Waals surface area contributed by atoms with Gasteiger partial charge in [0.05, 0.1) is 0 Å². The van der Waals surface area contributed by atoms with E-state index in [4.69, 9.17) is 0 Å². The Hall–Kier alpha value is -3.92. The lowest BCUT2D eigenvalue weighted by Crippen LogP contribution is -2.42. The molecule has 0 unspecified atom stereocenters. The van der Waals surface area contributed by atoms with Gasteiger partial charge in [-0.15, -0.1) is 0 Å². The SMILES string of the molecule is O=C(N[C@@H](Cc1ccc2ccccc2c1)C(=O)O)c1ccc(-c2ccccc2)cc1. The third-order valence-electron chi connectivity index (χ3n) is 5.11. The fourth-order valence-corrected chi connectivity index (χ4v) is 3.49. The zero-order chi connectivity index (χ0) is 20.9. The summed E-state index contributed by atoms with van der Waals surface area (Å²) in [5.74, 6) is -1.46. The molecule has 0 spiro atoms. The van der Waals surface area contributed by atoms with Crippen molar-refractivity contribution in [2.24, 2.45) is 0 Å². The summed E-state index contributed by atoms with van der Waals surface area (Å²) in [4.78, 5) is 24.4. The highest BCUT2D eigenvalue weighted by Crippen LogP contribution is 2.20. The number of aliphatic carboxylic acids is 1. The van der Waals surface area contributed by atoms with Gasteiger partial charge in [-0.05, 0) is 39.6 Å². The van der Waals surface area contributed by atoms with Gasteiger partial charge in [-0.3, -0.25) is 4.79 Å². The first kappa shape index (κ1) is 19.4. The largest absolute Gasteiger partial charge is 0.480 e. The number of carbonyl (C=O) groups is 2. The normalized spacial score (nSPS) is 11.7. The van der Waals surface area contributed by atoms with E-state index in [1.807, 2.05) is 84.9 Å². The third kappa shape index (κ3) is 4.39. The van der Waals surface area contributed by atoms with Gasteiger partial charge in [0.1, 0.15) is 6.04 Å². The van der Waals surface area contributed by atoms with E-state index in [2.05, 4.69) is 5.32 Å². The van der Waals surface area contributed by atoms with Gasteiger partial charge < -0.3 is 10.4 Å². The number of benzene rings is 4. The number of amides is 1. The average Bonchev–Trinajstić information content (AvgIpc) is 2.79. The number of carboxylic acid groups (broad SMARTS) is 1. The van der Waals surface area contributed by atoms with Crippen LogP contribution in [0.5, 0.6) is 0 Å².